The van der Waals surface area contributed by atoms with Crippen molar-refractivity contribution in [2.45, 2.75) is 26.3 Å². The van der Waals surface area contributed by atoms with Gasteiger partial charge in [-0.1, -0.05) is 31.9 Å². The van der Waals surface area contributed by atoms with E-state index in [9.17, 15) is 9.59 Å². The summed E-state index contributed by atoms with van der Waals surface area (Å²) >= 11 is 0. The number of likely N-dealkylation sites (N-methyl/N-ethyl adjacent to an activating group) is 1. The predicted octanol–water partition coefficient (Wildman–Crippen LogP) is 3.10. The Morgan fingerprint density at radius 1 is 1.20 bits per heavy atom. The van der Waals surface area contributed by atoms with Gasteiger partial charge in [-0.25, -0.2) is 9.97 Å². The van der Waals surface area contributed by atoms with Crippen LogP contribution in [0.5, 0.6) is 0 Å². The highest BCUT2D eigenvalue weighted by atomic mass is 16.2. The van der Waals surface area contributed by atoms with Gasteiger partial charge in [-0.05, 0) is 50.1 Å². The Bertz CT molecular complexity index is 1110. The fourth-order valence-electron chi connectivity index (χ4n) is 3.16. The van der Waals surface area contributed by atoms with Crippen molar-refractivity contribution in [3.63, 3.8) is 0 Å². The molecule has 0 saturated heterocycles. The van der Waals surface area contributed by atoms with Crippen molar-refractivity contribution < 1.29 is 9.59 Å². The van der Waals surface area contributed by atoms with Crippen molar-refractivity contribution in [1.29, 1.82) is 0 Å². The molecule has 1 aromatic carbocycles. The Hall–Kier alpha value is -4.14. The number of nitrogens with one attached hydrogen (secondary N) is 2. The number of amides is 2. The number of benzene rings is 1. The molecule has 2 rings (SSSR count). The summed E-state index contributed by atoms with van der Waals surface area (Å²) in [5, 5.41) is 6.08. The maximum absolute atomic E-state index is 12.2. The van der Waals surface area contributed by atoms with Crippen LogP contribution in [0.25, 0.3) is 6.08 Å². The van der Waals surface area contributed by atoms with Crippen LogP contribution < -0.4 is 21.3 Å². The van der Waals surface area contributed by atoms with E-state index in [0.29, 0.717) is 30.2 Å². The van der Waals surface area contributed by atoms with Gasteiger partial charge in [0.15, 0.2) is 17.3 Å². The van der Waals surface area contributed by atoms with Gasteiger partial charge in [-0.2, -0.15) is 0 Å². The Kier molecular flexibility index (Phi) is 9.57. The first-order chi connectivity index (χ1) is 16.6. The summed E-state index contributed by atoms with van der Waals surface area (Å²) in [5.41, 5.74) is 8.49. The van der Waals surface area contributed by atoms with E-state index >= 15 is 0 Å². The third kappa shape index (κ3) is 7.43. The normalized spacial score (nSPS) is 10.4. The molecule has 1 aromatic heterocycles. The summed E-state index contributed by atoms with van der Waals surface area (Å²) in [6, 6.07) is 7.79. The molecule has 9 nitrogen and oxygen atoms in total. The number of hydrogen-bond acceptors (Lipinski definition) is 7. The highest BCUT2D eigenvalue weighted by Gasteiger charge is 2.20. The third-order valence-electron chi connectivity index (χ3n) is 5.47. The van der Waals surface area contributed by atoms with Crippen LogP contribution in [0.15, 0.2) is 55.8 Å². The van der Waals surface area contributed by atoms with Gasteiger partial charge in [-0.3, -0.25) is 9.59 Å². The van der Waals surface area contributed by atoms with Crippen molar-refractivity contribution in [3.05, 3.63) is 72.7 Å². The second-order valence-corrected chi connectivity index (χ2v) is 8.38. The highest BCUT2D eigenvalue weighted by Crippen LogP contribution is 2.26. The topological polar surface area (TPSA) is 116 Å². The van der Waals surface area contributed by atoms with Gasteiger partial charge in [0, 0.05) is 38.1 Å². The second-order valence-electron chi connectivity index (χ2n) is 8.38. The largest absolute Gasteiger partial charge is 0.366 e. The molecule has 0 aliphatic rings. The SMILES string of the molecule is C=CC(=C)N(C)CC(=O)NCCc1cccc(Nc2nc(N(C)C(C)C)c(C=C)nc2C(N)=O)c1. The Morgan fingerprint density at radius 3 is 2.51 bits per heavy atom. The molecule has 186 valence electrons. The summed E-state index contributed by atoms with van der Waals surface area (Å²) < 4.78 is 0. The minimum atomic E-state index is -0.690. The summed E-state index contributed by atoms with van der Waals surface area (Å²) in [6.07, 6.45) is 3.78. The van der Waals surface area contributed by atoms with Gasteiger partial charge in [-0.15, -0.1) is 0 Å². The molecule has 1 heterocycles. The van der Waals surface area contributed by atoms with Crippen LogP contribution >= 0.6 is 0 Å². The van der Waals surface area contributed by atoms with Crippen molar-refractivity contribution in [3.8, 4) is 0 Å². The fourth-order valence-corrected chi connectivity index (χ4v) is 3.16. The lowest BCUT2D eigenvalue weighted by molar-refractivity contribution is -0.121. The fraction of sp³-hybridized carbons (Fsp3) is 0.308. The molecular formula is C26H35N7O2. The van der Waals surface area contributed by atoms with Crippen molar-refractivity contribution in [1.82, 2.24) is 20.2 Å². The highest BCUT2D eigenvalue weighted by molar-refractivity contribution is 5.97. The summed E-state index contributed by atoms with van der Waals surface area (Å²) in [5.74, 6) is 0.0621. The minimum absolute atomic E-state index is 0.0312. The average molecular weight is 478 g/mol. The van der Waals surface area contributed by atoms with E-state index in [1.807, 2.05) is 50.1 Å². The van der Waals surface area contributed by atoms with Crippen molar-refractivity contribution in [2.24, 2.45) is 5.73 Å². The number of nitrogens with zero attached hydrogens (tertiary/aromatic N) is 4. The molecule has 0 spiro atoms. The van der Waals surface area contributed by atoms with E-state index in [-0.39, 0.29) is 30.0 Å². The van der Waals surface area contributed by atoms with Crippen molar-refractivity contribution in [2.75, 3.05) is 37.4 Å². The quantitative estimate of drug-likeness (QED) is 0.380. The van der Waals surface area contributed by atoms with Gasteiger partial charge in [0.2, 0.25) is 5.91 Å². The number of allylic oxidation sites excluding steroid dienone is 1. The number of hydrogen-bond donors (Lipinski definition) is 3. The van der Waals surface area contributed by atoms with Crippen LogP contribution in [-0.2, 0) is 11.2 Å². The summed E-state index contributed by atoms with van der Waals surface area (Å²) in [7, 11) is 3.68. The number of carbonyl (C=O) groups excluding carboxylic acids is 2. The third-order valence-corrected chi connectivity index (χ3v) is 5.47. The van der Waals surface area contributed by atoms with Crippen LogP contribution in [0.4, 0.5) is 17.3 Å². The molecule has 0 atom stereocenters. The Labute approximate surface area is 207 Å². The summed E-state index contributed by atoms with van der Waals surface area (Å²) in [4.78, 5) is 37.0. The molecule has 4 N–H and O–H groups in total. The lowest BCUT2D eigenvalue weighted by Gasteiger charge is -2.25. The first kappa shape index (κ1) is 27.1. The van der Waals surface area contributed by atoms with E-state index in [0.717, 1.165) is 11.3 Å². The lowest BCUT2D eigenvalue weighted by Crippen LogP contribution is -2.35. The number of rotatable bonds is 13. The molecule has 0 fully saturated rings. The molecule has 0 unspecified atom stereocenters. The van der Waals surface area contributed by atoms with Gasteiger partial charge < -0.3 is 26.2 Å². The predicted molar refractivity (Wildman–Crippen MR) is 143 cm³/mol. The second kappa shape index (κ2) is 12.4. The molecule has 0 radical (unpaired) electrons. The van der Waals surface area contributed by atoms with E-state index in [1.54, 1.807) is 24.1 Å². The van der Waals surface area contributed by atoms with Crippen LogP contribution in [0, 0.1) is 0 Å². The van der Waals surface area contributed by atoms with E-state index in [2.05, 4.69) is 40.3 Å². The van der Waals surface area contributed by atoms with Crippen molar-refractivity contribution >= 4 is 35.2 Å². The maximum atomic E-state index is 12.2. The van der Waals surface area contributed by atoms with Gasteiger partial charge in [0.05, 0.1) is 6.54 Å². The van der Waals surface area contributed by atoms with Crippen LogP contribution in [0.2, 0.25) is 0 Å². The maximum Gasteiger partial charge on any atom is 0.271 e. The molecule has 2 aromatic rings. The van der Waals surface area contributed by atoms with Gasteiger partial charge in [0.1, 0.15) is 5.69 Å². The number of aromatic nitrogens is 2. The number of carbonyl (C=O) groups is 2. The summed E-state index contributed by atoms with van der Waals surface area (Å²) in [6.45, 7) is 16.0. The molecule has 0 saturated carbocycles. The molecule has 0 aliphatic heterocycles. The standard InChI is InChI=1S/C26H35N7O2/c1-8-18(5)32(6)16-22(34)28-14-13-19-11-10-12-20(15-19)29-25-23(24(27)35)30-21(9-2)26(31-25)33(7)17(3)4/h8-12,15,17H,1-2,5,13-14,16H2,3-4,6-7H3,(H2,27,35)(H,28,34)(H,29,31). The number of nitrogens with two attached hydrogens (primary N) is 1. The van der Waals surface area contributed by atoms with E-state index in [4.69, 9.17) is 5.73 Å². The molecule has 2 amide bonds. The smallest absolute Gasteiger partial charge is 0.271 e. The van der Waals surface area contributed by atoms with Crippen LogP contribution in [-0.4, -0.2) is 59.9 Å². The van der Waals surface area contributed by atoms with E-state index in [1.165, 1.54) is 0 Å². The van der Waals surface area contributed by atoms with Gasteiger partial charge >= 0.3 is 0 Å². The molecule has 35 heavy (non-hydrogen) atoms. The average Bonchev–Trinajstić information content (AvgIpc) is 2.82. The van der Waals surface area contributed by atoms with Crippen LogP contribution in [0.3, 0.4) is 0 Å². The zero-order valence-corrected chi connectivity index (χ0v) is 21.0. The van der Waals surface area contributed by atoms with Crippen LogP contribution in [0.1, 0.15) is 35.6 Å². The minimum Gasteiger partial charge on any atom is -0.366 e. The lowest BCUT2D eigenvalue weighted by atomic mass is 10.1. The molecular weight excluding hydrogens is 442 g/mol. The van der Waals surface area contributed by atoms with Gasteiger partial charge in [0.25, 0.3) is 5.91 Å². The molecule has 9 heteroatoms. The first-order valence-electron chi connectivity index (χ1n) is 11.3. The molecule has 0 aliphatic carbocycles. The Morgan fingerprint density at radius 2 is 1.91 bits per heavy atom. The Balaban J connectivity index is 2.17. The number of primary amides is 1. The zero-order valence-electron chi connectivity index (χ0n) is 21.0. The zero-order chi connectivity index (χ0) is 26.1. The number of anilines is 3. The first-order valence-corrected chi connectivity index (χ1v) is 11.3. The monoisotopic (exact) mass is 477 g/mol. The van der Waals surface area contributed by atoms with E-state index < -0.39 is 5.91 Å². The molecule has 0 bridgehead atoms.